The predicted molar refractivity (Wildman–Crippen MR) is 92.6 cm³/mol. The number of anilines is 1. The van der Waals surface area contributed by atoms with Crippen LogP contribution in [0.2, 0.25) is 0 Å². The smallest absolute Gasteiger partial charge is 0.395 e. The molecule has 1 aliphatic heterocycles. The predicted octanol–water partition coefficient (Wildman–Crippen LogP) is 1.13. The molecule has 11 heteroatoms. The van der Waals surface area contributed by atoms with Crippen LogP contribution in [0.3, 0.4) is 0 Å². The highest BCUT2D eigenvalue weighted by Crippen LogP contribution is 2.19. The van der Waals surface area contributed by atoms with E-state index in [1.54, 1.807) is 28.0 Å². The second-order valence-corrected chi connectivity index (χ2v) is 5.87. The van der Waals surface area contributed by atoms with Crippen molar-refractivity contribution in [2.75, 3.05) is 31.1 Å². The molecule has 0 bridgehead atoms. The number of hydrogen-bond donors (Lipinski definition) is 0. The standard InChI is InChI=1S/C16H15N7O4/c24-16(12-2-5-15(27-12)23(25)26)21-10-8-20(9-11-21)13-3-4-14(19-18-13)22-7-1-6-17-22/h1-7H,8-11H2. The molecule has 0 N–H and O–H groups in total. The molecule has 0 radical (unpaired) electrons. The lowest BCUT2D eigenvalue weighted by atomic mass is 10.3. The Morgan fingerprint density at radius 2 is 1.81 bits per heavy atom. The number of furan rings is 1. The third-order valence-corrected chi connectivity index (χ3v) is 4.25. The van der Waals surface area contributed by atoms with Crippen molar-refractivity contribution in [3.05, 3.63) is 58.6 Å². The molecule has 0 atom stereocenters. The zero-order chi connectivity index (χ0) is 18.8. The Morgan fingerprint density at radius 1 is 1.07 bits per heavy atom. The molecule has 1 fully saturated rings. The molecular weight excluding hydrogens is 354 g/mol. The molecule has 27 heavy (non-hydrogen) atoms. The van der Waals surface area contributed by atoms with Crippen LogP contribution in [0.1, 0.15) is 10.6 Å². The normalized spacial score (nSPS) is 14.4. The van der Waals surface area contributed by atoms with Gasteiger partial charge in [0.2, 0.25) is 0 Å². The molecule has 138 valence electrons. The minimum absolute atomic E-state index is 0.0292. The van der Waals surface area contributed by atoms with Crippen LogP contribution in [0.5, 0.6) is 0 Å². The van der Waals surface area contributed by atoms with Gasteiger partial charge in [0.25, 0.3) is 5.91 Å². The first-order chi connectivity index (χ1) is 13.1. The highest BCUT2D eigenvalue weighted by Gasteiger charge is 2.26. The van der Waals surface area contributed by atoms with E-state index in [-0.39, 0.29) is 11.7 Å². The van der Waals surface area contributed by atoms with E-state index in [2.05, 4.69) is 15.3 Å². The summed E-state index contributed by atoms with van der Waals surface area (Å²) in [6.07, 6.45) is 3.45. The van der Waals surface area contributed by atoms with E-state index < -0.39 is 10.8 Å². The summed E-state index contributed by atoms with van der Waals surface area (Å²) >= 11 is 0. The summed E-state index contributed by atoms with van der Waals surface area (Å²) in [5.74, 6) is 0.509. The van der Waals surface area contributed by atoms with Crippen LogP contribution in [-0.2, 0) is 0 Å². The molecule has 11 nitrogen and oxygen atoms in total. The Hall–Kier alpha value is -3.76. The number of rotatable bonds is 4. The summed E-state index contributed by atoms with van der Waals surface area (Å²) in [5.41, 5.74) is 0. The van der Waals surface area contributed by atoms with Crippen LogP contribution >= 0.6 is 0 Å². The van der Waals surface area contributed by atoms with Gasteiger partial charge in [0.05, 0.1) is 6.07 Å². The number of carbonyl (C=O) groups excluding carboxylic acids is 1. The Bertz CT molecular complexity index is 944. The van der Waals surface area contributed by atoms with Crippen molar-refractivity contribution in [1.82, 2.24) is 24.9 Å². The minimum Gasteiger partial charge on any atom is -0.395 e. The van der Waals surface area contributed by atoms with Crippen molar-refractivity contribution in [2.24, 2.45) is 0 Å². The molecule has 0 unspecified atom stereocenters. The van der Waals surface area contributed by atoms with E-state index >= 15 is 0 Å². The number of carbonyl (C=O) groups is 1. The van der Waals surface area contributed by atoms with Crippen LogP contribution in [0.15, 0.2) is 47.1 Å². The van der Waals surface area contributed by atoms with Crippen LogP contribution in [0.25, 0.3) is 5.82 Å². The Balaban J connectivity index is 1.38. The lowest BCUT2D eigenvalue weighted by Crippen LogP contribution is -2.49. The fourth-order valence-electron chi connectivity index (χ4n) is 2.85. The Morgan fingerprint density at radius 3 is 2.41 bits per heavy atom. The second-order valence-electron chi connectivity index (χ2n) is 5.87. The number of nitro groups is 1. The largest absolute Gasteiger partial charge is 0.433 e. The van der Waals surface area contributed by atoms with Crippen molar-refractivity contribution in [3.63, 3.8) is 0 Å². The number of hydrogen-bond acceptors (Lipinski definition) is 8. The van der Waals surface area contributed by atoms with Gasteiger partial charge in [-0.1, -0.05) is 0 Å². The van der Waals surface area contributed by atoms with Crippen molar-refractivity contribution >= 4 is 17.6 Å². The SMILES string of the molecule is O=C(c1ccc([N+](=O)[O-])o1)N1CCN(c2ccc(-n3cccn3)nn2)CC1. The molecule has 3 aromatic rings. The van der Waals surface area contributed by atoms with Gasteiger partial charge in [0, 0.05) is 38.6 Å². The second kappa shape index (κ2) is 6.86. The highest BCUT2D eigenvalue weighted by molar-refractivity contribution is 5.92. The summed E-state index contributed by atoms with van der Waals surface area (Å²) < 4.78 is 6.61. The zero-order valence-electron chi connectivity index (χ0n) is 14.1. The van der Waals surface area contributed by atoms with E-state index in [1.807, 2.05) is 17.0 Å². The van der Waals surface area contributed by atoms with E-state index in [0.29, 0.717) is 37.8 Å². The lowest BCUT2D eigenvalue weighted by molar-refractivity contribution is -0.402. The van der Waals surface area contributed by atoms with Crippen LogP contribution in [-0.4, -0.2) is 61.9 Å². The van der Waals surface area contributed by atoms with Crippen molar-refractivity contribution in [1.29, 1.82) is 0 Å². The van der Waals surface area contributed by atoms with E-state index in [9.17, 15) is 14.9 Å². The molecule has 0 aromatic carbocycles. The first-order valence-electron chi connectivity index (χ1n) is 8.24. The fourth-order valence-corrected chi connectivity index (χ4v) is 2.85. The summed E-state index contributed by atoms with van der Waals surface area (Å²) in [6, 6.07) is 8.00. The maximum absolute atomic E-state index is 12.4. The number of amides is 1. The van der Waals surface area contributed by atoms with E-state index in [1.165, 1.54) is 12.1 Å². The average Bonchev–Trinajstić information content (AvgIpc) is 3.40. The molecular formula is C16H15N7O4. The molecule has 4 rings (SSSR count). The third kappa shape index (κ3) is 3.34. The fraction of sp³-hybridized carbons (Fsp3) is 0.250. The molecule has 1 aliphatic rings. The number of aromatic nitrogens is 4. The quantitative estimate of drug-likeness (QED) is 0.495. The van der Waals surface area contributed by atoms with Crippen LogP contribution in [0.4, 0.5) is 11.7 Å². The Labute approximate surface area is 153 Å². The van der Waals surface area contributed by atoms with Crippen molar-refractivity contribution < 1.29 is 14.1 Å². The molecule has 0 saturated carbocycles. The third-order valence-electron chi connectivity index (χ3n) is 4.25. The Kier molecular flexibility index (Phi) is 4.24. The van der Waals surface area contributed by atoms with Crippen LogP contribution < -0.4 is 4.90 Å². The van der Waals surface area contributed by atoms with Gasteiger partial charge in [-0.2, -0.15) is 5.10 Å². The molecule has 0 spiro atoms. The van der Waals surface area contributed by atoms with Gasteiger partial charge in [-0.25, -0.2) is 4.68 Å². The summed E-state index contributed by atoms with van der Waals surface area (Å²) in [5, 5.41) is 23.2. The van der Waals surface area contributed by atoms with Gasteiger partial charge in [0.1, 0.15) is 4.92 Å². The van der Waals surface area contributed by atoms with Gasteiger partial charge < -0.3 is 14.2 Å². The average molecular weight is 369 g/mol. The van der Waals surface area contributed by atoms with Gasteiger partial charge in [-0.05, 0) is 24.3 Å². The molecule has 0 aliphatic carbocycles. The summed E-state index contributed by atoms with van der Waals surface area (Å²) in [6.45, 7) is 2.06. The van der Waals surface area contributed by atoms with Crippen molar-refractivity contribution in [2.45, 2.75) is 0 Å². The van der Waals surface area contributed by atoms with Crippen LogP contribution in [0, 0.1) is 10.1 Å². The number of piperazine rings is 1. The molecule has 4 heterocycles. The number of nitrogens with zero attached hydrogens (tertiary/aromatic N) is 7. The first kappa shape index (κ1) is 16.7. The van der Waals surface area contributed by atoms with Gasteiger partial charge in [-0.3, -0.25) is 14.9 Å². The zero-order valence-corrected chi connectivity index (χ0v) is 14.1. The van der Waals surface area contributed by atoms with Gasteiger partial charge in [-0.15, -0.1) is 10.2 Å². The molecule has 1 saturated heterocycles. The summed E-state index contributed by atoms with van der Waals surface area (Å²) in [4.78, 5) is 26.0. The minimum atomic E-state index is -0.666. The van der Waals surface area contributed by atoms with Crippen molar-refractivity contribution in [3.8, 4) is 5.82 Å². The van der Waals surface area contributed by atoms with E-state index in [4.69, 9.17) is 4.42 Å². The van der Waals surface area contributed by atoms with Gasteiger partial charge in [0.15, 0.2) is 17.4 Å². The maximum atomic E-state index is 12.4. The summed E-state index contributed by atoms with van der Waals surface area (Å²) in [7, 11) is 0. The molecule has 3 aromatic heterocycles. The lowest BCUT2D eigenvalue weighted by Gasteiger charge is -2.34. The van der Waals surface area contributed by atoms with E-state index in [0.717, 1.165) is 0 Å². The first-order valence-corrected chi connectivity index (χ1v) is 8.24. The highest BCUT2D eigenvalue weighted by atomic mass is 16.6. The monoisotopic (exact) mass is 369 g/mol. The topological polar surface area (TPSA) is 123 Å². The maximum Gasteiger partial charge on any atom is 0.433 e. The van der Waals surface area contributed by atoms with Gasteiger partial charge >= 0.3 is 5.88 Å². The molecule has 1 amide bonds.